The zero-order chi connectivity index (χ0) is 22.1. The van der Waals surface area contributed by atoms with Gasteiger partial charge in [-0.05, 0) is 78.6 Å². The first-order valence-corrected chi connectivity index (χ1v) is 13.4. The van der Waals surface area contributed by atoms with Gasteiger partial charge in [0.15, 0.2) is 0 Å². The van der Waals surface area contributed by atoms with Crippen LogP contribution in [0, 0.1) is 23.2 Å². The highest BCUT2D eigenvalue weighted by Gasteiger charge is 2.50. The van der Waals surface area contributed by atoms with Crippen LogP contribution in [-0.2, 0) is 0 Å². The van der Waals surface area contributed by atoms with Crippen molar-refractivity contribution in [3.05, 3.63) is 35.5 Å². The number of thiol groups is 1. The molecule has 0 heterocycles. The van der Waals surface area contributed by atoms with E-state index in [0.717, 1.165) is 28.7 Å². The maximum atomic E-state index is 10.1. The van der Waals surface area contributed by atoms with Crippen molar-refractivity contribution in [3.63, 3.8) is 0 Å². The van der Waals surface area contributed by atoms with Crippen LogP contribution in [0.4, 0.5) is 0 Å². The van der Waals surface area contributed by atoms with Crippen molar-refractivity contribution in [1.82, 2.24) is 0 Å². The van der Waals surface area contributed by atoms with Crippen LogP contribution in [0.5, 0.6) is 0 Å². The molecule has 0 spiro atoms. The lowest BCUT2D eigenvalue weighted by Crippen LogP contribution is -2.36. The van der Waals surface area contributed by atoms with Crippen molar-refractivity contribution < 1.29 is 10.2 Å². The minimum absolute atomic E-state index is 0.102. The van der Waals surface area contributed by atoms with Gasteiger partial charge in [0.1, 0.15) is 0 Å². The van der Waals surface area contributed by atoms with Crippen molar-refractivity contribution in [1.29, 1.82) is 0 Å². The zero-order valence-electron chi connectivity index (χ0n) is 19.4. The summed E-state index contributed by atoms with van der Waals surface area (Å²) in [5.74, 6) is 4.54. The number of rotatable bonds is 6. The molecule has 0 bridgehead atoms. The average Bonchev–Trinajstić information content (AvgIpc) is 3.00. The Labute approximate surface area is 194 Å². The summed E-state index contributed by atoms with van der Waals surface area (Å²) in [7, 11) is 0. The van der Waals surface area contributed by atoms with Crippen LogP contribution in [0.15, 0.2) is 35.5 Å². The summed E-state index contributed by atoms with van der Waals surface area (Å²) in [4.78, 5) is 0. The molecule has 2 unspecified atom stereocenters. The highest BCUT2D eigenvalue weighted by Crippen LogP contribution is 2.59. The third kappa shape index (κ3) is 5.60. The molecule has 3 fully saturated rings. The minimum atomic E-state index is -0.605. The van der Waals surface area contributed by atoms with Gasteiger partial charge in [-0.1, -0.05) is 52.0 Å². The Bertz CT molecular complexity index is 690. The monoisotopic (exact) mass is 450 g/mol. The maximum Gasteiger partial charge on any atom is 0.0811 e. The molecule has 170 valence electrons. The molecule has 3 aliphatic carbocycles. The molecule has 30 heavy (non-hydrogen) atoms. The summed E-state index contributed by atoms with van der Waals surface area (Å²) in [6, 6.07) is 0. The first-order chi connectivity index (χ1) is 14.0. The van der Waals surface area contributed by atoms with Gasteiger partial charge in [0.25, 0.3) is 0 Å². The van der Waals surface area contributed by atoms with Crippen LogP contribution in [0.2, 0.25) is 0 Å². The van der Waals surface area contributed by atoms with Gasteiger partial charge in [-0.15, -0.1) is 0 Å². The smallest absolute Gasteiger partial charge is 0.0811 e. The first kappa shape index (κ1) is 24.5. The fourth-order valence-electron chi connectivity index (χ4n) is 6.29. The number of allylic oxidation sites excluding steroid dienone is 3. The van der Waals surface area contributed by atoms with E-state index in [1.165, 1.54) is 37.9 Å². The van der Waals surface area contributed by atoms with E-state index < -0.39 is 12.2 Å². The zero-order valence-corrected chi connectivity index (χ0v) is 21.1. The van der Waals surface area contributed by atoms with Gasteiger partial charge in [-0.25, -0.2) is 0 Å². The molecule has 2 N–H and O–H groups in total. The first-order valence-electron chi connectivity index (χ1n) is 11.8. The maximum absolute atomic E-state index is 10.1. The second-order valence-corrected chi connectivity index (χ2v) is 13.2. The van der Waals surface area contributed by atoms with E-state index in [9.17, 15) is 10.2 Å². The molecule has 0 aromatic rings. The SMILES string of the molecule is C=C1/C(=C\C=C2/CCC[C@@]3(C)C2CCC3[C@@H](C)CSCC(C)(C)S)C[C@@H](O)C[C@@H]1O. The van der Waals surface area contributed by atoms with E-state index in [1.807, 2.05) is 0 Å². The fraction of sp³-hybridized carbons (Fsp3) is 0.769. The van der Waals surface area contributed by atoms with Crippen LogP contribution >= 0.6 is 24.4 Å². The molecule has 0 aliphatic heterocycles. The van der Waals surface area contributed by atoms with Gasteiger partial charge >= 0.3 is 0 Å². The molecule has 3 saturated carbocycles. The Morgan fingerprint density at radius 2 is 2.03 bits per heavy atom. The van der Waals surface area contributed by atoms with E-state index in [-0.39, 0.29) is 4.75 Å². The number of aliphatic hydroxyl groups excluding tert-OH is 2. The number of aliphatic hydroxyl groups is 2. The van der Waals surface area contributed by atoms with Crippen LogP contribution in [-0.4, -0.2) is 38.7 Å². The summed E-state index contributed by atoms with van der Waals surface area (Å²) in [6.45, 7) is 13.5. The predicted molar refractivity (Wildman–Crippen MR) is 134 cm³/mol. The highest BCUT2D eigenvalue weighted by molar-refractivity contribution is 8.00. The van der Waals surface area contributed by atoms with E-state index in [0.29, 0.717) is 24.2 Å². The lowest BCUT2D eigenvalue weighted by atomic mass is 9.61. The van der Waals surface area contributed by atoms with Crippen molar-refractivity contribution >= 4 is 24.4 Å². The Balaban J connectivity index is 1.70. The molecular formula is C26H42O2S2. The van der Waals surface area contributed by atoms with E-state index in [4.69, 9.17) is 0 Å². The Morgan fingerprint density at radius 3 is 2.73 bits per heavy atom. The third-order valence-corrected chi connectivity index (χ3v) is 9.88. The molecule has 3 rings (SSSR count). The molecule has 2 nitrogen and oxygen atoms in total. The van der Waals surface area contributed by atoms with Crippen LogP contribution in [0.25, 0.3) is 0 Å². The van der Waals surface area contributed by atoms with Crippen LogP contribution in [0.1, 0.15) is 72.6 Å². The fourth-order valence-corrected chi connectivity index (χ4v) is 7.79. The van der Waals surface area contributed by atoms with E-state index >= 15 is 0 Å². The van der Waals surface area contributed by atoms with E-state index in [1.54, 1.807) is 5.57 Å². The molecule has 4 heteroatoms. The summed E-state index contributed by atoms with van der Waals surface area (Å²) in [6.07, 6.45) is 10.9. The Morgan fingerprint density at radius 1 is 1.30 bits per heavy atom. The molecule has 0 amide bonds. The molecular weight excluding hydrogens is 408 g/mol. The largest absolute Gasteiger partial charge is 0.393 e. The minimum Gasteiger partial charge on any atom is -0.393 e. The highest BCUT2D eigenvalue weighted by atomic mass is 32.2. The third-order valence-electron chi connectivity index (χ3n) is 7.83. The molecule has 0 aromatic carbocycles. The van der Waals surface area contributed by atoms with Crippen molar-refractivity contribution in [2.45, 2.75) is 89.6 Å². The van der Waals surface area contributed by atoms with Crippen LogP contribution in [0.3, 0.4) is 0 Å². The average molecular weight is 451 g/mol. The second-order valence-electron chi connectivity index (χ2n) is 11.0. The van der Waals surface area contributed by atoms with Gasteiger partial charge < -0.3 is 10.2 Å². The summed E-state index contributed by atoms with van der Waals surface area (Å²) >= 11 is 6.75. The van der Waals surface area contributed by atoms with Crippen molar-refractivity contribution in [3.8, 4) is 0 Å². The predicted octanol–water partition coefficient (Wildman–Crippen LogP) is 6.21. The van der Waals surface area contributed by atoms with Gasteiger partial charge in [0, 0.05) is 16.9 Å². The van der Waals surface area contributed by atoms with Crippen LogP contribution < -0.4 is 0 Å². The number of hydrogen-bond acceptors (Lipinski definition) is 4. The summed E-state index contributed by atoms with van der Waals surface area (Å²) in [5, 5.41) is 20.2. The van der Waals surface area contributed by atoms with Gasteiger partial charge in [-0.2, -0.15) is 24.4 Å². The lowest BCUT2D eigenvalue weighted by Gasteiger charge is -2.44. The molecule has 6 atom stereocenters. The topological polar surface area (TPSA) is 40.5 Å². The van der Waals surface area contributed by atoms with Crippen molar-refractivity contribution in [2.75, 3.05) is 11.5 Å². The number of thioether (sulfide) groups is 1. The second kappa shape index (κ2) is 9.77. The van der Waals surface area contributed by atoms with Gasteiger partial charge in [-0.3, -0.25) is 0 Å². The number of hydrogen-bond donors (Lipinski definition) is 3. The Kier molecular flexibility index (Phi) is 7.97. The quantitative estimate of drug-likeness (QED) is 0.422. The standard InChI is InChI=1S/C26H42O2S2/c1-17(15-30-16-25(3,4)29)22-10-11-23-19(7-6-12-26(22,23)5)8-9-20-13-21(27)14-24(28)18(20)2/h8-9,17,21-24,27-29H,2,6-7,10-16H2,1,3-5H3/b19-8+,20-9-/t17-,21+,22?,23?,24-,26+/m0/s1. The molecule has 0 radical (unpaired) electrons. The van der Waals surface area contributed by atoms with E-state index in [2.05, 4.69) is 70.8 Å². The molecule has 0 aromatic heterocycles. The molecule has 0 saturated heterocycles. The summed E-state index contributed by atoms with van der Waals surface area (Å²) in [5.41, 5.74) is 3.80. The number of fused-ring (bicyclic) bond motifs is 1. The normalized spacial score (nSPS) is 38.8. The van der Waals surface area contributed by atoms with Gasteiger partial charge in [0.05, 0.1) is 12.2 Å². The lowest BCUT2D eigenvalue weighted by molar-refractivity contribution is 0.0862. The van der Waals surface area contributed by atoms with Crippen molar-refractivity contribution in [2.24, 2.45) is 23.2 Å². The summed E-state index contributed by atoms with van der Waals surface area (Å²) < 4.78 is 0.102. The molecule has 3 aliphatic rings. The Hall–Kier alpha value is -0.160. The van der Waals surface area contributed by atoms with Gasteiger partial charge in [0.2, 0.25) is 0 Å².